The van der Waals surface area contributed by atoms with Crippen LogP contribution in [0.15, 0.2) is 0 Å². The third-order valence-electron chi connectivity index (χ3n) is 3.18. The van der Waals surface area contributed by atoms with Crippen LogP contribution in [0.1, 0.15) is 40.0 Å². The van der Waals surface area contributed by atoms with Crippen molar-refractivity contribution in [2.45, 2.75) is 52.1 Å². The number of likely N-dealkylation sites (tertiary alicyclic amines) is 1. The van der Waals surface area contributed by atoms with Gasteiger partial charge in [-0.3, -0.25) is 9.69 Å². The molecule has 14 heavy (non-hydrogen) atoms. The van der Waals surface area contributed by atoms with E-state index in [1.807, 2.05) is 0 Å². The van der Waals surface area contributed by atoms with Crippen LogP contribution in [0.25, 0.3) is 0 Å². The number of hydrogen-bond acceptors (Lipinski definition) is 2. The summed E-state index contributed by atoms with van der Waals surface area (Å²) < 4.78 is 0. The molecule has 0 aromatic heterocycles. The molecule has 1 aliphatic heterocycles. The maximum Gasteiger partial charge on any atom is 0.304 e. The number of carbonyl (C=O) groups is 1. The van der Waals surface area contributed by atoms with E-state index in [1.54, 1.807) is 0 Å². The number of nitrogens with zero attached hydrogens (tertiary/aromatic N) is 1. The van der Waals surface area contributed by atoms with Crippen molar-refractivity contribution in [1.82, 2.24) is 4.90 Å². The van der Waals surface area contributed by atoms with Crippen LogP contribution in [0.3, 0.4) is 0 Å². The third kappa shape index (κ3) is 2.71. The van der Waals surface area contributed by atoms with Gasteiger partial charge in [0.1, 0.15) is 0 Å². The van der Waals surface area contributed by atoms with Gasteiger partial charge < -0.3 is 5.11 Å². The van der Waals surface area contributed by atoms with Gasteiger partial charge in [0.25, 0.3) is 0 Å². The lowest BCUT2D eigenvalue weighted by atomic mass is 10.1. The first kappa shape index (κ1) is 11.5. The highest BCUT2D eigenvalue weighted by Gasteiger charge is 2.31. The van der Waals surface area contributed by atoms with Gasteiger partial charge in [-0.25, -0.2) is 0 Å². The molecule has 1 rings (SSSR count). The van der Waals surface area contributed by atoms with Gasteiger partial charge in [-0.15, -0.1) is 0 Å². The second kappa shape index (κ2) is 4.78. The fraction of sp³-hybridized carbons (Fsp3) is 0.909. The summed E-state index contributed by atoms with van der Waals surface area (Å²) in [6, 6.07) is 0.779. The fourth-order valence-corrected chi connectivity index (χ4v) is 2.54. The van der Waals surface area contributed by atoms with Gasteiger partial charge in [0.2, 0.25) is 0 Å². The average Bonchev–Trinajstić information content (AvgIpc) is 2.41. The lowest BCUT2D eigenvalue weighted by Crippen LogP contribution is -2.38. The molecule has 1 N–H and O–H groups in total. The predicted octanol–water partition coefficient (Wildman–Crippen LogP) is 1.97. The van der Waals surface area contributed by atoms with Crippen molar-refractivity contribution in [2.24, 2.45) is 5.92 Å². The average molecular weight is 199 g/mol. The summed E-state index contributed by atoms with van der Waals surface area (Å²) in [5.74, 6) is 0.0384. The van der Waals surface area contributed by atoms with Crippen molar-refractivity contribution in [3.8, 4) is 0 Å². The monoisotopic (exact) mass is 199 g/mol. The molecule has 0 aromatic carbocycles. The van der Waals surface area contributed by atoms with E-state index in [1.165, 1.54) is 6.42 Å². The maximum atomic E-state index is 10.7. The Hall–Kier alpha value is -0.570. The van der Waals surface area contributed by atoms with Crippen LogP contribution >= 0.6 is 0 Å². The van der Waals surface area contributed by atoms with Crippen molar-refractivity contribution >= 4 is 5.97 Å². The number of aliphatic carboxylic acids is 1. The highest BCUT2D eigenvalue weighted by molar-refractivity contribution is 5.67. The van der Waals surface area contributed by atoms with E-state index in [4.69, 9.17) is 5.11 Å². The lowest BCUT2D eigenvalue weighted by Gasteiger charge is -2.29. The van der Waals surface area contributed by atoms with Gasteiger partial charge >= 0.3 is 5.97 Å². The molecular weight excluding hydrogens is 178 g/mol. The molecule has 0 aliphatic carbocycles. The van der Waals surface area contributed by atoms with E-state index in [2.05, 4.69) is 25.7 Å². The smallest absolute Gasteiger partial charge is 0.304 e. The van der Waals surface area contributed by atoms with Gasteiger partial charge in [0.15, 0.2) is 0 Å². The van der Waals surface area contributed by atoms with Crippen LogP contribution in [0.5, 0.6) is 0 Å². The van der Waals surface area contributed by atoms with E-state index in [-0.39, 0.29) is 12.5 Å². The van der Waals surface area contributed by atoms with E-state index in [9.17, 15) is 4.79 Å². The minimum atomic E-state index is -0.677. The van der Waals surface area contributed by atoms with Crippen molar-refractivity contribution in [1.29, 1.82) is 0 Å². The minimum Gasteiger partial charge on any atom is -0.481 e. The maximum absolute atomic E-state index is 10.7. The highest BCUT2D eigenvalue weighted by atomic mass is 16.4. The minimum absolute atomic E-state index is 0.229. The largest absolute Gasteiger partial charge is 0.481 e. The molecule has 3 unspecified atom stereocenters. The van der Waals surface area contributed by atoms with Crippen LogP contribution in [0.2, 0.25) is 0 Å². The number of carboxylic acid groups (broad SMARTS) is 1. The van der Waals surface area contributed by atoms with E-state index < -0.39 is 5.97 Å². The molecule has 0 amide bonds. The molecule has 1 aliphatic rings. The van der Waals surface area contributed by atoms with Gasteiger partial charge in [-0.1, -0.05) is 13.8 Å². The molecule has 0 aromatic rings. The molecule has 1 heterocycles. The first-order valence-electron chi connectivity index (χ1n) is 5.52. The molecule has 1 saturated heterocycles. The normalized spacial score (nSPS) is 30.5. The summed E-state index contributed by atoms with van der Waals surface area (Å²) >= 11 is 0. The molecule has 0 bridgehead atoms. The summed E-state index contributed by atoms with van der Waals surface area (Å²) in [5.41, 5.74) is 0. The second-order valence-corrected chi connectivity index (χ2v) is 4.55. The topological polar surface area (TPSA) is 40.5 Å². The molecule has 3 atom stereocenters. The lowest BCUT2D eigenvalue weighted by molar-refractivity contribution is -0.138. The molecule has 1 fully saturated rings. The zero-order valence-corrected chi connectivity index (χ0v) is 9.36. The van der Waals surface area contributed by atoms with Gasteiger partial charge in [-0.2, -0.15) is 0 Å². The Morgan fingerprint density at radius 3 is 2.57 bits per heavy atom. The van der Waals surface area contributed by atoms with Crippen molar-refractivity contribution in [2.75, 3.05) is 6.54 Å². The summed E-state index contributed by atoms with van der Waals surface area (Å²) in [6.07, 6.45) is 2.42. The Morgan fingerprint density at radius 1 is 1.57 bits per heavy atom. The van der Waals surface area contributed by atoms with Crippen LogP contribution in [0.4, 0.5) is 0 Å². The van der Waals surface area contributed by atoms with Gasteiger partial charge in [0, 0.05) is 18.6 Å². The molecule has 0 radical (unpaired) electrons. The number of hydrogen-bond donors (Lipinski definition) is 1. The molecule has 3 heteroatoms. The molecule has 3 nitrogen and oxygen atoms in total. The summed E-state index contributed by atoms with van der Waals surface area (Å²) in [4.78, 5) is 13.0. The Kier molecular flexibility index (Phi) is 3.93. The first-order chi connectivity index (χ1) is 6.54. The molecule has 0 spiro atoms. The molecule has 82 valence electrons. The predicted molar refractivity (Wildman–Crippen MR) is 56.3 cm³/mol. The third-order valence-corrected chi connectivity index (χ3v) is 3.18. The van der Waals surface area contributed by atoms with Crippen LogP contribution < -0.4 is 0 Å². The van der Waals surface area contributed by atoms with Crippen molar-refractivity contribution in [3.63, 3.8) is 0 Å². The van der Waals surface area contributed by atoms with Crippen LogP contribution in [0, 0.1) is 5.92 Å². The van der Waals surface area contributed by atoms with E-state index in [0.717, 1.165) is 13.0 Å². The zero-order valence-electron chi connectivity index (χ0n) is 9.36. The second-order valence-electron chi connectivity index (χ2n) is 4.55. The van der Waals surface area contributed by atoms with Crippen LogP contribution in [-0.2, 0) is 4.79 Å². The summed E-state index contributed by atoms with van der Waals surface area (Å²) in [6.45, 7) is 7.58. The number of rotatable bonds is 4. The Labute approximate surface area is 86.1 Å². The Morgan fingerprint density at radius 2 is 2.21 bits per heavy atom. The molecular formula is C11H21NO2. The quantitative estimate of drug-likeness (QED) is 0.752. The standard InChI is InChI=1S/C11H21NO2/c1-4-10(6-11(13)14)12-7-8(2)5-9(12)3/h8-10H,4-7H2,1-3H3,(H,13,14). The zero-order chi connectivity index (χ0) is 10.7. The highest BCUT2D eigenvalue weighted by Crippen LogP contribution is 2.26. The fourth-order valence-electron chi connectivity index (χ4n) is 2.54. The van der Waals surface area contributed by atoms with Gasteiger partial charge in [0.05, 0.1) is 6.42 Å². The number of carboxylic acids is 1. The van der Waals surface area contributed by atoms with Crippen molar-refractivity contribution in [3.05, 3.63) is 0 Å². The SMILES string of the molecule is CCC(CC(=O)O)N1CC(C)CC1C. The Balaban J connectivity index is 2.55. The van der Waals surface area contributed by atoms with E-state index >= 15 is 0 Å². The van der Waals surface area contributed by atoms with Crippen LogP contribution in [-0.4, -0.2) is 34.6 Å². The Bertz CT molecular complexity index is 205. The van der Waals surface area contributed by atoms with Crippen molar-refractivity contribution < 1.29 is 9.90 Å². The summed E-state index contributed by atoms with van der Waals surface area (Å²) in [7, 11) is 0. The van der Waals surface area contributed by atoms with E-state index in [0.29, 0.717) is 12.0 Å². The summed E-state index contributed by atoms with van der Waals surface area (Å²) in [5, 5.41) is 8.80. The van der Waals surface area contributed by atoms with Gasteiger partial charge in [-0.05, 0) is 25.7 Å². The first-order valence-corrected chi connectivity index (χ1v) is 5.52. The molecule has 0 saturated carbocycles.